The third kappa shape index (κ3) is 29.1. The molecule has 0 aliphatic carbocycles. The average Bonchev–Trinajstić information content (AvgIpc) is 3.20. The van der Waals surface area contributed by atoms with Crippen molar-refractivity contribution in [1.29, 1.82) is 0 Å². The number of aliphatic hydroxyl groups excluding tert-OH is 5. The monoisotopic (exact) mass is 814 g/mol. The molecule has 8 atom stereocenters. The van der Waals surface area contributed by atoms with Crippen molar-refractivity contribution in [2.24, 2.45) is 0 Å². The second-order valence-corrected chi connectivity index (χ2v) is 17.7. The van der Waals surface area contributed by atoms with Gasteiger partial charge in [0, 0.05) is 6.42 Å². The molecule has 9 nitrogen and oxygen atoms in total. The summed E-state index contributed by atoms with van der Waals surface area (Å²) in [6, 6.07) is -0.921. The van der Waals surface area contributed by atoms with Gasteiger partial charge in [-0.15, -0.1) is 0 Å². The number of rotatable bonds is 41. The third-order valence-corrected chi connectivity index (χ3v) is 12.3. The summed E-state index contributed by atoms with van der Waals surface area (Å²) in [6.45, 7) is 5.88. The minimum atomic E-state index is -1.49. The Bertz CT molecular complexity index is 879. The minimum Gasteiger partial charge on any atom is -0.390 e. The molecule has 340 valence electrons. The molecule has 0 spiro atoms. The van der Waals surface area contributed by atoms with E-state index in [2.05, 4.69) is 19.2 Å². The van der Waals surface area contributed by atoms with Crippen molar-refractivity contribution in [1.82, 2.24) is 5.32 Å². The Balaban J connectivity index is 2.26. The number of aliphatic hydroxyl groups is 5. The molecule has 1 aliphatic heterocycles. The molecule has 9 heteroatoms. The Morgan fingerprint density at radius 1 is 0.526 bits per heavy atom. The highest BCUT2D eigenvalue weighted by Crippen LogP contribution is 2.23. The molecule has 0 aromatic rings. The summed E-state index contributed by atoms with van der Waals surface area (Å²) >= 11 is 0. The molecule has 57 heavy (non-hydrogen) atoms. The maximum atomic E-state index is 13.0. The van der Waals surface area contributed by atoms with Gasteiger partial charge >= 0.3 is 0 Å². The second-order valence-electron chi connectivity index (χ2n) is 17.7. The Kier molecular flexibility index (Phi) is 36.3. The summed E-state index contributed by atoms with van der Waals surface area (Å²) in [7, 11) is 0. The van der Waals surface area contributed by atoms with Crippen molar-refractivity contribution in [3.05, 3.63) is 0 Å². The Morgan fingerprint density at radius 3 is 1.26 bits per heavy atom. The standard InChI is InChI=1S/C48H95NO8/c1-4-6-8-10-12-14-16-18-19-20-21-22-23-24-25-26-28-30-32-34-36-38-43(51)49-41(39-56-48-47(55)46(54)44(52)40(3)57-48)45(53)42(50)37-35-33-31-29-27-17-15-13-11-9-7-5-2/h40-42,44-48,50,52-55H,4-39H2,1-3H3,(H,49,51)/t40-,41-,42+,44+,45-,46-,47?,48+/m0/s1. The van der Waals surface area contributed by atoms with Crippen molar-refractivity contribution in [3.8, 4) is 0 Å². The highest BCUT2D eigenvalue weighted by molar-refractivity contribution is 5.76. The van der Waals surface area contributed by atoms with Gasteiger partial charge in [-0.25, -0.2) is 0 Å². The van der Waals surface area contributed by atoms with Gasteiger partial charge in [-0.3, -0.25) is 4.79 Å². The fourth-order valence-corrected chi connectivity index (χ4v) is 8.21. The first-order chi connectivity index (χ1) is 27.7. The zero-order chi connectivity index (χ0) is 41.8. The van der Waals surface area contributed by atoms with Crippen LogP contribution in [0.4, 0.5) is 0 Å². The van der Waals surface area contributed by atoms with E-state index >= 15 is 0 Å². The van der Waals surface area contributed by atoms with Gasteiger partial charge in [-0.1, -0.05) is 219 Å². The predicted molar refractivity (Wildman–Crippen MR) is 235 cm³/mol. The molecule has 1 amide bonds. The molecule has 1 rings (SSSR count). The number of unbranched alkanes of at least 4 members (excludes halogenated alkanes) is 31. The normalized spacial score (nSPS) is 21.4. The first-order valence-electron chi connectivity index (χ1n) is 24.7. The predicted octanol–water partition coefficient (Wildman–Crippen LogP) is 10.7. The highest BCUT2D eigenvalue weighted by Gasteiger charge is 2.43. The lowest BCUT2D eigenvalue weighted by Gasteiger charge is -2.39. The van der Waals surface area contributed by atoms with Crippen molar-refractivity contribution in [3.63, 3.8) is 0 Å². The number of hydrogen-bond acceptors (Lipinski definition) is 8. The van der Waals surface area contributed by atoms with Crippen LogP contribution in [0.15, 0.2) is 0 Å². The van der Waals surface area contributed by atoms with E-state index in [-0.39, 0.29) is 12.5 Å². The zero-order valence-corrected chi connectivity index (χ0v) is 37.5. The third-order valence-electron chi connectivity index (χ3n) is 12.3. The van der Waals surface area contributed by atoms with Crippen LogP contribution < -0.4 is 5.32 Å². The highest BCUT2D eigenvalue weighted by atomic mass is 16.7. The van der Waals surface area contributed by atoms with Crippen LogP contribution in [0, 0.1) is 0 Å². The average molecular weight is 814 g/mol. The maximum absolute atomic E-state index is 13.0. The molecule has 1 fully saturated rings. The van der Waals surface area contributed by atoms with E-state index < -0.39 is 49.0 Å². The Labute approximate surface area is 351 Å². The fourth-order valence-electron chi connectivity index (χ4n) is 8.21. The van der Waals surface area contributed by atoms with Gasteiger partial charge in [0.05, 0.1) is 24.9 Å². The van der Waals surface area contributed by atoms with Crippen molar-refractivity contribution < 1.29 is 39.8 Å². The van der Waals surface area contributed by atoms with Crippen molar-refractivity contribution >= 4 is 5.91 Å². The Morgan fingerprint density at radius 2 is 0.877 bits per heavy atom. The van der Waals surface area contributed by atoms with E-state index in [9.17, 15) is 30.3 Å². The van der Waals surface area contributed by atoms with Crippen LogP contribution >= 0.6 is 0 Å². The smallest absolute Gasteiger partial charge is 0.220 e. The lowest BCUT2D eigenvalue weighted by atomic mass is 9.98. The molecule has 1 saturated heterocycles. The number of hydrogen-bond donors (Lipinski definition) is 6. The first kappa shape index (κ1) is 54.2. The molecule has 1 aliphatic rings. The SMILES string of the molecule is CCCCCCCCCCCCCCCCCCCCCCCC(=O)N[C@@H](CO[C@@H]1O[C@@H](C)[C@@H](O)[C@H](O)C1O)[C@H](O)[C@H](O)CCCCCCCCCCCCCC. The number of carbonyl (C=O) groups excluding carboxylic acids is 1. The van der Waals surface area contributed by atoms with Crippen LogP contribution in [-0.2, 0) is 14.3 Å². The van der Waals surface area contributed by atoms with Gasteiger partial charge in [-0.05, 0) is 19.8 Å². The summed E-state index contributed by atoms with van der Waals surface area (Å²) in [5.41, 5.74) is 0. The van der Waals surface area contributed by atoms with Crippen molar-refractivity contribution in [2.75, 3.05) is 6.61 Å². The molecule has 0 aromatic carbocycles. The zero-order valence-electron chi connectivity index (χ0n) is 37.5. The van der Waals surface area contributed by atoms with E-state index in [0.29, 0.717) is 12.8 Å². The van der Waals surface area contributed by atoms with Gasteiger partial charge in [0.1, 0.15) is 24.4 Å². The van der Waals surface area contributed by atoms with Crippen LogP contribution in [0.5, 0.6) is 0 Å². The van der Waals surface area contributed by atoms with Crippen LogP contribution in [0.1, 0.15) is 245 Å². The summed E-state index contributed by atoms with van der Waals surface area (Å²) in [5.74, 6) is -0.216. The molecule has 0 aromatic heterocycles. The minimum absolute atomic E-state index is 0.216. The molecule has 1 unspecified atom stereocenters. The lowest BCUT2D eigenvalue weighted by Crippen LogP contribution is -2.58. The molecule has 0 saturated carbocycles. The van der Waals surface area contributed by atoms with Gasteiger partial charge in [0.2, 0.25) is 5.91 Å². The van der Waals surface area contributed by atoms with Crippen LogP contribution in [0.3, 0.4) is 0 Å². The van der Waals surface area contributed by atoms with Gasteiger partial charge in [0.25, 0.3) is 0 Å². The van der Waals surface area contributed by atoms with Crippen LogP contribution in [0.2, 0.25) is 0 Å². The summed E-state index contributed by atoms with van der Waals surface area (Å²) in [4.78, 5) is 13.0. The number of ether oxygens (including phenoxy) is 2. The Hall–Kier alpha value is -0.810. The second kappa shape index (κ2) is 38.1. The van der Waals surface area contributed by atoms with E-state index in [0.717, 1.165) is 38.5 Å². The summed E-state index contributed by atoms with van der Waals surface area (Å²) in [5, 5.41) is 55.6. The molecule has 1 heterocycles. The summed E-state index contributed by atoms with van der Waals surface area (Å²) in [6.07, 6.45) is 34.2. The number of carbonyl (C=O) groups is 1. The molecular weight excluding hydrogens is 719 g/mol. The van der Waals surface area contributed by atoms with E-state index in [1.807, 2.05) is 0 Å². The van der Waals surface area contributed by atoms with E-state index in [4.69, 9.17) is 9.47 Å². The van der Waals surface area contributed by atoms with E-state index in [1.165, 1.54) is 173 Å². The molecule has 6 N–H and O–H groups in total. The lowest BCUT2D eigenvalue weighted by molar-refractivity contribution is -0.295. The first-order valence-corrected chi connectivity index (χ1v) is 24.7. The van der Waals surface area contributed by atoms with Gasteiger partial charge in [-0.2, -0.15) is 0 Å². The molecule has 0 bridgehead atoms. The van der Waals surface area contributed by atoms with Gasteiger partial charge in [0.15, 0.2) is 6.29 Å². The summed E-state index contributed by atoms with van der Waals surface area (Å²) < 4.78 is 11.3. The largest absolute Gasteiger partial charge is 0.390 e. The quantitative estimate of drug-likeness (QED) is 0.0334. The van der Waals surface area contributed by atoms with Crippen molar-refractivity contribution in [2.45, 2.75) is 294 Å². The number of amides is 1. The fraction of sp³-hybridized carbons (Fsp3) is 0.979. The molecule has 0 radical (unpaired) electrons. The topological polar surface area (TPSA) is 149 Å². The molecular formula is C48H95NO8. The number of nitrogens with one attached hydrogen (secondary N) is 1. The van der Waals surface area contributed by atoms with Crippen LogP contribution in [0.25, 0.3) is 0 Å². The van der Waals surface area contributed by atoms with Crippen LogP contribution in [-0.4, -0.2) is 87.0 Å². The van der Waals surface area contributed by atoms with E-state index in [1.54, 1.807) is 6.92 Å². The van der Waals surface area contributed by atoms with Gasteiger partial charge < -0.3 is 40.3 Å². The maximum Gasteiger partial charge on any atom is 0.220 e.